The zero-order valence-electron chi connectivity index (χ0n) is 16.8. The highest BCUT2D eigenvalue weighted by Crippen LogP contribution is 2.41. The smallest absolute Gasteiger partial charge is 0.279 e. The fourth-order valence-electron chi connectivity index (χ4n) is 4.35. The number of nitro benzene ring substituents is 1. The molecule has 2 amide bonds. The first-order valence-electron chi connectivity index (χ1n) is 10.0. The standard InChI is InChI=1S/C23H18N4O5/c28-10-4-9-26-12-15(19-17(26)7-3-8-18(19)27(31)32)21-20(22(29)25-23(21)30)14-11-24-16-6-2-1-5-13(14)16/h1-3,5-8,11-12,24,28H,4,9-10H2,(H,25,29,30). The Kier molecular flexibility index (Phi) is 4.60. The Balaban J connectivity index is 1.85. The minimum Gasteiger partial charge on any atom is -0.396 e. The predicted octanol–water partition coefficient (Wildman–Crippen LogP) is 2.98. The number of aliphatic hydroxyl groups excluding tert-OH is 1. The molecular weight excluding hydrogens is 412 g/mol. The molecule has 32 heavy (non-hydrogen) atoms. The summed E-state index contributed by atoms with van der Waals surface area (Å²) >= 11 is 0. The molecule has 0 saturated heterocycles. The number of fused-ring (bicyclic) bond motifs is 2. The van der Waals surface area contributed by atoms with Gasteiger partial charge >= 0.3 is 0 Å². The van der Waals surface area contributed by atoms with Crippen molar-refractivity contribution in [2.45, 2.75) is 13.0 Å². The third-order valence-corrected chi connectivity index (χ3v) is 5.70. The predicted molar refractivity (Wildman–Crippen MR) is 119 cm³/mol. The maximum atomic E-state index is 13.0. The number of rotatable bonds is 6. The lowest BCUT2D eigenvalue weighted by Crippen LogP contribution is -2.22. The van der Waals surface area contributed by atoms with Crippen LogP contribution >= 0.6 is 0 Å². The van der Waals surface area contributed by atoms with Crippen LogP contribution in [0.2, 0.25) is 0 Å². The van der Waals surface area contributed by atoms with Crippen molar-refractivity contribution >= 4 is 50.5 Å². The molecule has 1 aliphatic heterocycles. The number of nitro groups is 1. The van der Waals surface area contributed by atoms with Crippen LogP contribution < -0.4 is 5.32 Å². The zero-order chi connectivity index (χ0) is 22.4. The molecule has 3 N–H and O–H groups in total. The normalized spacial score (nSPS) is 14.0. The highest BCUT2D eigenvalue weighted by atomic mass is 16.6. The van der Waals surface area contributed by atoms with Gasteiger partial charge in [-0.25, -0.2) is 0 Å². The van der Waals surface area contributed by atoms with Gasteiger partial charge < -0.3 is 14.7 Å². The maximum absolute atomic E-state index is 13.0. The number of aromatic amines is 1. The third-order valence-electron chi connectivity index (χ3n) is 5.70. The van der Waals surface area contributed by atoms with E-state index in [4.69, 9.17) is 0 Å². The number of H-pyrrole nitrogens is 1. The molecule has 4 aromatic rings. The number of aryl methyl sites for hydroxylation is 1. The fourth-order valence-corrected chi connectivity index (χ4v) is 4.35. The molecular formula is C23H18N4O5. The van der Waals surface area contributed by atoms with E-state index in [1.165, 1.54) is 6.07 Å². The topological polar surface area (TPSA) is 130 Å². The van der Waals surface area contributed by atoms with E-state index in [0.717, 1.165) is 10.9 Å². The fraction of sp³-hybridized carbons (Fsp3) is 0.130. The third kappa shape index (κ3) is 2.90. The van der Waals surface area contributed by atoms with Crippen molar-refractivity contribution in [2.75, 3.05) is 6.61 Å². The Morgan fingerprint density at radius 2 is 1.75 bits per heavy atom. The van der Waals surface area contributed by atoms with Crippen LogP contribution in [0, 0.1) is 10.1 Å². The van der Waals surface area contributed by atoms with E-state index in [-0.39, 0.29) is 28.8 Å². The average molecular weight is 430 g/mol. The molecule has 0 fully saturated rings. The van der Waals surface area contributed by atoms with Gasteiger partial charge in [0, 0.05) is 53.6 Å². The molecule has 0 radical (unpaired) electrons. The van der Waals surface area contributed by atoms with Crippen molar-refractivity contribution < 1.29 is 19.6 Å². The first-order valence-corrected chi connectivity index (χ1v) is 10.0. The lowest BCUT2D eigenvalue weighted by Gasteiger charge is -2.03. The van der Waals surface area contributed by atoms with Gasteiger partial charge in [-0.2, -0.15) is 0 Å². The Hall–Kier alpha value is -4.24. The Bertz CT molecular complexity index is 1460. The van der Waals surface area contributed by atoms with Crippen molar-refractivity contribution in [1.82, 2.24) is 14.9 Å². The minimum atomic E-state index is -0.602. The molecule has 160 valence electrons. The molecule has 0 aliphatic carbocycles. The molecule has 1 aliphatic rings. The molecule has 0 saturated carbocycles. The van der Waals surface area contributed by atoms with Crippen LogP contribution in [0.4, 0.5) is 5.69 Å². The lowest BCUT2D eigenvalue weighted by molar-refractivity contribution is -0.383. The summed E-state index contributed by atoms with van der Waals surface area (Å²) in [5.74, 6) is -1.15. The number of benzene rings is 2. The quantitative estimate of drug-likeness (QED) is 0.246. The summed E-state index contributed by atoms with van der Waals surface area (Å²) in [5.41, 5.74) is 2.34. The maximum Gasteiger partial charge on any atom is 0.279 e. The van der Waals surface area contributed by atoms with Gasteiger partial charge in [0.1, 0.15) is 0 Å². The number of aromatic nitrogens is 2. The van der Waals surface area contributed by atoms with E-state index in [0.29, 0.717) is 29.6 Å². The van der Waals surface area contributed by atoms with Crippen molar-refractivity contribution in [2.24, 2.45) is 0 Å². The summed E-state index contributed by atoms with van der Waals surface area (Å²) in [6.45, 7) is 0.353. The second kappa shape index (κ2) is 7.47. The molecule has 5 rings (SSSR count). The Morgan fingerprint density at radius 3 is 2.50 bits per heavy atom. The molecule has 0 spiro atoms. The highest BCUT2D eigenvalue weighted by molar-refractivity contribution is 6.51. The van der Waals surface area contributed by atoms with Gasteiger partial charge in [-0.1, -0.05) is 24.3 Å². The van der Waals surface area contributed by atoms with Crippen LogP contribution in [-0.4, -0.2) is 38.0 Å². The van der Waals surface area contributed by atoms with Crippen LogP contribution in [0.1, 0.15) is 17.5 Å². The second-order valence-corrected chi connectivity index (χ2v) is 7.52. The number of non-ortho nitro benzene ring substituents is 1. The summed E-state index contributed by atoms with van der Waals surface area (Å²) in [6, 6.07) is 12.1. The highest BCUT2D eigenvalue weighted by Gasteiger charge is 2.36. The summed E-state index contributed by atoms with van der Waals surface area (Å²) in [7, 11) is 0. The van der Waals surface area contributed by atoms with Crippen molar-refractivity contribution in [1.29, 1.82) is 0 Å². The van der Waals surface area contributed by atoms with Crippen LogP contribution in [0.15, 0.2) is 54.9 Å². The summed E-state index contributed by atoms with van der Waals surface area (Å²) in [6.07, 6.45) is 3.75. The van der Waals surface area contributed by atoms with E-state index in [2.05, 4.69) is 10.3 Å². The van der Waals surface area contributed by atoms with Crippen molar-refractivity contribution in [3.8, 4) is 0 Å². The summed E-state index contributed by atoms with van der Waals surface area (Å²) in [5, 5.41) is 24.5. The number of hydrogen-bond donors (Lipinski definition) is 3. The number of nitrogens with one attached hydrogen (secondary N) is 2. The second-order valence-electron chi connectivity index (χ2n) is 7.52. The first kappa shape index (κ1) is 19.7. The summed E-state index contributed by atoms with van der Waals surface area (Å²) in [4.78, 5) is 40.2. The first-order chi connectivity index (χ1) is 15.5. The molecule has 2 aromatic carbocycles. The average Bonchev–Trinajstić information content (AvgIpc) is 3.44. The molecule has 9 heteroatoms. The Labute approximate surface area is 181 Å². The van der Waals surface area contributed by atoms with Crippen LogP contribution in [-0.2, 0) is 16.1 Å². The van der Waals surface area contributed by atoms with Crippen LogP contribution in [0.25, 0.3) is 33.0 Å². The van der Waals surface area contributed by atoms with E-state index in [1.54, 1.807) is 29.1 Å². The number of imide groups is 1. The zero-order valence-corrected chi connectivity index (χ0v) is 16.8. The van der Waals surface area contributed by atoms with Gasteiger partial charge in [0.2, 0.25) is 0 Å². The van der Waals surface area contributed by atoms with Crippen molar-refractivity contribution in [3.05, 3.63) is 76.1 Å². The number of amides is 2. The van der Waals surface area contributed by atoms with Crippen molar-refractivity contribution in [3.63, 3.8) is 0 Å². The molecule has 2 aromatic heterocycles. The number of hydrogen-bond acceptors (Lipinski definition) is 5. The van der Waals surface area contributed by atoms with E-state index in [9.17, 15) is 24.8 Å². The number of carbonyl (C=O) groups excluding carboxylic acids is 2. The largest absolute Gasteiger partial charge is 0.396 e. The van der Waals surface area contributed by atoms with Gasteiger partial charge in [0.15, 0.2) is 0 Å². The van der Waals surface area contributed by atoms with E-state index < -0.39 is 16.7 Å². The summed E-state index contributed by atoms with van der Waals surface area (Å²) < 4.78 is 1.77. The molecule has 0 bridgehead atoms. The van der Waals surface area contributed by atoms with E-state index >= 15 is 0 Å². The van der Waals surface area contributed by atoms with Crippen LogP contribution in [0.3, 0.4) is 0 Å². The molecule has 0 atom stereocenters. The van der Waals surface area contributed by atoms with Gasteiger partial charge in [-0.15, -0.1) is 0 Å². The molecule has 0 unspecified atom stereocenters. The number of nitrogens with zero attached hydrogens (tertiary/aromatic N) is 2. The minimum absolute atomic E-state index is 0.0494. The molecule has 3 heterocycles. The number of aliphatic hydroxyl groups is 1. The van der Waals surface area contributed by atoms with Gasteiger partial charge in [-0.05, 0) is 18.6 Å². The molecule has 9 nitrogen and oxygen atoms in total. The Morgan fingerprint density at radius 1 is 1.00 bits per heavy atom. The van der Waals surface area contributed by atoms with Gasteiger partial charge in [0.25, 0.3) is 17.5 Å². The number of para-hydroxylation sites is 1. The van der Waals surface area contributed by atoms with Gasteiger partial charge in [0.05, 0.1) is 27.0 Å². The number of carbonyl (C=O) groups is 2. The monoisotopic (exact) mass is 430 g/mol. The lowest BCUT2D eigenvalue weighted by atomic mass is 9.95. The van der Waals surface area contributed by atoms with E-state index in [1.807, 2.05) is 24.3 Å². The van der Waals surface area contributed by atoms with Crippen LogP contribution in [0.5, 0.6) is 0 Å². The SMILES string of the molecule is O=C1NC(=O)C(c2cn(CCCO)c3cccc([N+](=O)[O-])c23)=C1c1c[nH]c2ccccc12. The van der Waals surface area contributed by atoms with Gasteiger partial charge in [-0.3, -0.25) is 25.0 Å².